The number of aromatic carboxylic acids is 1. The Hall–Kier alpha value is -1.33. The number of aryl methyl sites for hydroxylation is 1. The average Bonchev–Trinajstić information content (AvgIpc) is 3.00. The highest BCUT2D eigenvalue weighted by Gasteiger charge is 2.35. The quantitative estimate of drug-likeness (QED) is 0.900. The van der Waals surface area contributed by atoms with Gasteiger partial charge in [0.25, 0.3) is 0 Å². The van der Waals surface area contributed by atoms with E-state index in [0.29, 0.717) is 18.7 Å². The SMILES string of the molecule is CC1(C)CCc2sc(C3C=C(CN)OC3)c(C(=O)O)c2C1. The number of carboxylic acid groups (broad SMARTS) is 1. The Balaban J connectivity index is 2.05. The van der Waals surface area contributed by atoms with Gasteiger partial charge in [-0.3, -0.25) is 0 Å². The van der Waals surface area contributed by atoms with Gasteiger partial charge in [0.1, 0.15) is 5.76 Å². The van der Waals surface area contributed by atoms with Crippen LogP contribution in [0.1, 0.15) is 51.9 Å². The van der Waals surface area contributed by atoms with Crippen molar-refractivity contribution in [3.8, 4) is 0 Å². The fourth-order valence-electron chi connectivity index (χ4n) is 3.23. The Bertz CT molecular complexity index is 615. The minimum Gasteiger partial charge on any atom is -0.496 e. The maximum Gasteiger partial charge on any atom is 0.337 e. The van der Waals surface area contributed by atoms with Gasteiger partial charge in [-0.15, -0.1) is 11.3 Å². The Morgan fingerprint density at radius 3 is 2.95 bits per heavy atom. The Kier molecular flexibility index (Phi) is 3.58. The molecule has 1 unspecified atom stereocenters. The Morgan fingerprint density at radius 1 is 1.57 bits per heavy atom. The predicted molar refractivity (Wildman–Crippen MR) is 82.9 cm³/mol. The molecule has 1 aliphatic carbocycles. The van der Waals surface area contributed by atoms with Gasteiger partial charge in [0, 0.05) is 15.7 Å². The second-order valence-corrected chi connectivity index (χ2v) is 7.78. The molecule has 2 heterocycles. The fraction of sp³-hybridized carbons (Fsp3) is 0.562. The van der Waals surface area contributed by atoms with Gasteiger partial charge in [-0.1, -0.05) is 13.8 Å². The maximum atomic E-state index is 11.8. The molecule has 4 nitrogen and oxygen atoms in total. The summed E-state index contributed by atoms with van der Waals surface area (Å²) >= 11 is 1.65. The van der Waals surface area contributed by atoms with Crippen LogP contribution in [0.4, 0.5) is 0 Å². The van der Waals surface area contributed by atoms with Crippen molar-refractivity contribution >= 4 is 17.3 Å². The lowest BCUT2D eigenvalue weighted by Crippen LogP contribution is -2.22. The summed E-state index contributed by atoms with van der Waals surface area (Å²) in [5, 5.41) is 9.68. The lowest BCUT2D eigenvalue weighted by Gasteiger charge is -2.29. The minimum atomic E-state index is -0.810. The molecule has 1 atom stereocenters. The summed E-state index contributed by atoms with van der Waals surface area (Å²) in [6.07, 6.45) is 4.93. The molecule has 3 rings (SSSR count). The first kappa shape index (κ1) is 14.6. The van der Waals surface area contributed by atoms with Gasteiger partial charge in [0.05, 0.1) is 18.7 Å². The van der Waals surface area contributed by atoms with Gasteiger partial charge < -0.3 is 15.6 Å². The summed E-state index contributed by atoms with van der Waals surface area (Å²) in [5.74, 6) is -0.00815. The van der Waals surface area contributed by atoms with Crippen LogP contribution in [0.25, 0.3) is 0 Å². The first-order chi connectivity index (χ1) is 9.91. The van der Waals surface area contributed by atoms with Crippen molar-refractivity contribution in [3.63, 3.8) is 0 Å². The molecule has 5 heteroatoms. The molecule has 0 saturated heterocycles. The van der Waals surface area contributed by atoms with Gasteiger partial charge in [-0.2, -0.15) is 0 Å². The van der Waals surface area contributed by atoms with Crippen LogP contribution in [-0.4, -0.2) is 24.2 Å². The largest absolute Gasteiger partial charge is 0.496 e. The number of nitrogens with two attached hydrogens (primary N) is 1. The fourth-order valence-corrected chi connectivity index (χ4v) is 4.60. The van der Waals surface area contributed by atoms with Gasteiger partial charge in [-0.05, 0) is 36.3 Å². The van der Waals surface area contributed by atoms with Crippen LogP contribution in [0, 0.1) is 5.41 Å². The monoisotopic (exact) mass is 307 g/mol. The Morgan fingerprint density at radius 2 is 2.33 bits per heavy atom. The van der Waals surface area contributed by atoms with Crippen LogP contribution in [0.15, 0.2) is 11.8 Å². The van der Waals surface area contributed by atoms with E-state index in [2.05, 4.69) is 13.8 Å². The third-order valence-corrected chi connectivity index (χ3v) is 5.81. The van der Waals surface area contributed by atoms with E-state index in [-0.39, 0.29) is 11.3 Å². The van der Waals surface area contributed by atoms with Crippen molar-refractivity contribution in [1.82, 2.24) is 0 Å². The highest BCUT2D eigenvalue weighted by Crippen LogP contribution is 2.44. The molecular weight excluding hydrogens is 286 g/mol. The molecule has 0 saturated carbocycles. The molecule has 0 bridgehead atoms. The smallest absolute Gasteiger partial charge is 0.337 e. The molecule has 0 amide bonds. The molecule has 0 radical (unpaired) electrons. The highest BCUT2D eigenvalue weighted by atomic mass is 32.1. The van der Waals surface area contributed by atoms with Crippen molar-refractivity contribution < 1.29 is 14.6 Å². The molecule has 21 heavy (non-hydrogen) atoms. The summed E-state index contributed by atoms with van der Waals surface area (Å²) in [7, 11) is 0. The Labute approximate surface area is 128 Å². The number of fused-ring (bicyclic) bond motifs is 1. The zero-order valence-electron chi connectivity index (χ0n) is 12.4. The summed E-state index contributed by atoms with van der Waals surface area (Å²) in [6.45, 7) is 5.31. The van der Waals surface area contributed by atoms with E-state index in [9.17, 15) is 9.90 Å². The first-order valence-electron chi connectivity index (χ1n) is 7.32. The molecule has 1 aliphatic heterocycles. The van der Waals surface area contributed by atoms with Gasteiger partial charge in [0.2, 0.25) is 0 Å². The van der Waals surface area contributed by atoms with E-state index >= 15 is 0 Å². The molecule has 0 fully saturated rings. The van der Waals surface area contributed by atoms with E-state index in [1.165, 1.54) is 4.88 Å². The second kappa shape index (κ2) is 5.14. The molecule has 1 aromatic rings. The van der Waals surface area contributed by atoms with Crippen molar-refractivity contribution in [2.24, 2.45) is 11.1 Å². The maximum absolute atomic E-state index is 11.8. The van der Waals surface area contributed by atoms with E-state index in [4.69, 9.17) is 10.5 Å². The summed E-state index contributed by atoms with van der Waals surface area (Å²) < 4.78 is 5.53. The van der Waals surface area contributed by atoms with Crippen molar-refractivity contribution in [2.75, 3.05) is 13.2 Å². The third kappa shape index (κ3) is 2.60. The van der Waals surface area contributed by atoms with E-state index in [1.54, 1.807) is 11.3 Å². The molecule has 1 aromatic heterocycles. The van der Waals surface area contributed by atoms with Crippen molar-refractivity contribution in [3.05, 3.63) is 32.7 Å². The zero-order valence-corrected chi connectivity index (χ0v) is 13.3. The zero-order chi connectivity index (χ0) is 15.2. The molecular formula is C16H21NO3S. The lowest BCUT2D eigenvalue weighted by molar-refractivity contribution is 0.0693. The summed E-state index contributed by atoms with van der Waals surface area (Å²) in [4.78, 5) is 14.0. The van der Waals surface area contributed by atoms with E-state index in [1.807, 2.05) is 6.08 Å². The van der Waals surface area contributed by atoms with Crippen LogP contribution in [0.2, 0.25) is 0 Å². The predicted octanol–water partition coefficient (Wildman–Crippen LogP) is 2.92. The highest BCUT2D eigenvalue weighted by molar-refractivity contribution is 7.12. The average molecular weight is 307 g/mol. The third-order valence-electron chi connectivity index (χ3n) is 4.39. The van der Waals surface area contributed by atoms with Crippen molar-refractivity contribution in [2.45, 2.75) is 39.0 Å². The molecule has 2 aliphatic rings. The standard InChI is InChI=1S/C16H21NO3S/c1-16(2)4-3-12-11(6-16)13(15(18)19)14(21-12)9-5-10(7-17)20-8-9/h5,9H,3-4,6-8,17H2,1-2H3,(H,18,19). The number of hydrogen-bond acceptors (Lipinski definition) is 4. The molecule has 3 N–H and O–H groups in total. The number of carbonyl (C=O) groups is 1. The summed E-state index contributed by atoms with van der Waals surface area (Å²) in [6, 6.07) is 0. The lowest BCUT2D eigenvalue weighted by atomic mass is 9.75. The second-order valence-electron chi connectivity index (χ2n) is 6.64. The van der Waals surface area contributed by atoms with Crippen LogP contribution >= 0.6 is 11.3 Å². The van der Waals surface area contributed by atoms with Crippen LogP contribution < -0.4 is 5.73 Å². The summed E-state index contributed by atoms with van der Waals surface area (Å²) in [5.41, 5.74) is 7.35. The molecule has 114 valence electrons. The topological polar surface area (TPSA) is 72.5 Å². The number of ether oxygens (including phenoxy) is 1. The van der Waals surface area contributed by atoms with Crippen LogP contribution in [0.3, 0.4) is 0 Å². The number of rotatable bonds is 3. The van der Waals surface area contributed by atoms with Gasteiger partial charge in [-0.25, -0.2) is 4.79 Å². The first-order valence-corrected chi connectivity index (χ1v) is 8.14. The molecule has 0 spiro atoms. The van der Waals surface area contributed by atoms with Gasteiger partial charge >= 0.3 is 5.97 Å². The van der Waals surface area contributed by atoms with E-state index in [0.717, 1.165) is 35.5 Å². The number of hydrogen-bond donors (Lipinski definition) is 2. The normalized spacial score (nSPS) is 23.4. The minimum absolute atomic E-state index is 0.0355. The van der Waals surface area contributed by atoms with Gasteiger partial charge in [0.15, 0.2) is 0 Å². The van der Waals surface area contributed by atoms with E-state index < -0.39 is 5.97 Å². The molecule has 0 aromatic carbocycles. The van der Waals surface area contributed by atoms with Crippen LogP contribution in [-0.2, 0) is 17.6 Å². The van der Waals surface area contributed by atoms with Crippen molar-refractivity contribution in [1.29, 1.82) is 0 Å². The number of thiophene rings is 1. The van der Waals surface area contributed by atoms with Crippen LogP contribution in [0.5, 0.6) is 0 Å². The number of carboxylic acids is 1.